The minimum Gasteiger partial charge on any atom is -0.386 e. The van der Waals surface area contributed by atoms with Gasteiger partial charge in [0.1, 0.15) is 11.6 Å². The average molecular weight is 412 g/mol. The minimum absolute atomic E-state index is 0.0163. The van der Waals surface area contributed by atoms with Crippen LogP contribution in [0.25, 0.3) is 0 Å². The van der Waals surface area contributed by atoms with E-state index in [1.54, 1.807) is 13.1 Å². The Labute approximate surface area is 165 Å². The lowest BCUT2D eigenvalue weighted by Crippen LogP contribution is -2.28. The van der Waals surface area contributed by atoms with Gasteiger partial charge in [-0.2, -0.15) is 13.2 Å². The predicted octanol–water partition coefficient (Wildman–Crippen LogP) is 5.94. The highest BCUT2D eigenvalue weighted by Crippen LogP contribution is 2.38. The first-order chi connectivity index (χ1) is 13.7. The number of carbonyl (C=O) groups excluding carboxylic acids is 1. The number of nitrogens with one attached hydrogen (secondary N) is 2. The summed E-state index contributed by atoms with van der Waals surface area (Å²) in [6, 6.07) is 6.93. The van der Waals surface area contributed by atoms with Crippen molar-refractivity contribution in [3.63, 3.8) is 0 Å². The lowest BCUT2D eigenvalue weighted by Gasteiger charge is -2.29. The van der Waals surface area contributed by atoms with E-state index in [1.807, 2.05) is 6.07 Å². The van der Waals surface area contributed by atoms with E-state index in [0.29, 0.717) is 24.6 Å². The molecule has 156 valence electrons. The van der Waals surface area contributed by atoms with Crippen LogP contribution >= 0.6 is 0 Å². The SMILES string of the molecule is CNc1ccc(C2CCCC(C(=O)Nc3ccc(C(F)(F)F)cc3F)C2)cc1F. The van der Waals surface area contributed by atoms with E-state index in [-0.39, 0.29) is 17.4 Å². The van der Waals surface area contributed by atoms with Gasteiger partial charge >= 0.3 is 6.18 Å². The number of anilines is 2. The fourth-order valence-electron chi connectivity index (χ4n) is 3.75. The third-order valence-electron chi connectivity index (χ3n) is 5.33. The summed E-state index contributed by atoms with van der Waals surface area (Å²) in [7, 11) is 1.62. The van der Waals surface area contributed by atoms with Gasteiger partial charge in [0.15, 0.2) is 0 Å². The maximum absolute atomic E-state index is 14.0. The van der Waals surface area contributed by atoms with Crippen molar-refractivity contribution in [2.45, 2.75) is 37.8 Å². The first-order valence-corrected chi connectivity index (χ1v) is 9.34. The van der Waals surface area contributed by atoms with Gasteiger partial charge in [-0.25, -0.2) is 8.78 Å². The highest BCUT2D eigenvalue weighted by molar-refractivity contribution is 5.92. The molecule has 0 aliphatic heterocycles. The number of carbonyl (C=O) groups is 1. The third-order valence-corrected chi connectivity index (χ3v) is 5.33. The molecule has 2 unspecified atom stereocenters. The van der Waals surface area contributed by atoms with Crippen molar-refractivity contribution in [1.29, 1.82) is 0 Å². The standard InChI is InChI=1S/C21H21F5N2O/c1-27-18-7-5-13(10-16(18)22)12-3-2-4-14(9-12)20(29)28-19-8-6-15(11-17(19)23)21(24,25)26/h5-8,10-12,14,27H,2-4,9H2,1H3,(H,28,29). The molecule has 1 saturated carbocycles. The monoisotopic (exact) mass is 412 g/mol. The molecule has 1 aliphatic rings. The molecule has 0 spiro atoms. The van der Waals surface area contributed by atoms with Crippen LogP contribution < -0.4 is 10.6 Å². The van der Waals surface area contributed by atoms with E-state index in [1.165, 1.54) is 6.07 Å². The molecule has 3 nitrogen and oxygen atoms in total. The predicted molar refractivity (Wildman–Crippen MR) is 101 cm³/mol. The van der Waals surface area contributed by atoms with Crippen LogP contribution in [-0.4, -0.2) is 13.0 Å². The molecule has 3 rings (SSSR count). The topological polar surface area (TPSA) is 41.1 Å². The number of hydrogen-bond acceptors (Lipinski definition) is 2. The molecule has 1 amide bonds. The summed E-state index contributed by atoms with van der Waals surface area (Å²) >= 11 is 0. The van der Waals surface area contributed by atoms with E-state index >= 15 is 0 Å². The number of rotatable bonds is 4. The van der Waals surface area contributed by atoms with Crippen LogP contribution in [-0.2, 0) is 11.0 Å². The molecule has 2 aromatic carbocycles. The smallest absolute Gasteiger partial charge is 0.386 e. The number of alkyl halides is 3. The molecule has 0 saturated heterocycles. The van der Waals surface area contributed by atoms with Gasteiger partial charge in [-0.1, -0.05) is 12.5 Å². The lowest BCUT2D eigenvalue weighted by atomic mass is 9.77. The molecular weight excluding hydrogens is 391 g/mol. The van der Waals surface area contributed by atoms with Crippen LogP contribution in [0.1, 0.15) is 42.7 Å². The normalized spacial score (nSPS) is 19.7. The van der Waals surface area contributed by atoms with Gasteiger partial charge in [-0.05, 0) is 61.1 Å². The van der Waals surface area contributed by atoms with Crippen molar-refractivity contribution >= 4 is 17.3 Å². The summed E-state index contributed by atoms with van der Waals surface area (Å²) in [5.74, 6) is -2.39. The van der Waals surface area contributed by atoms with E-state index in [0.717, 1.165) is 30.5 Å². The maximum atomic E-state index is 14.0. The zero-order valence-corrected chi connectivity index (χ0v) is 15.7. The van der Waals surface area contributed by atoms with Crippen molar-refractivity contribution in [3.05, 3.63) is 59.2 Å². The zero-order valence-electron chi connectivity index (χ0n) is 15.7. The fraction of sp³-hybridized carbons (Fsp3) is 0.381. The Morgan fingerprint density at radius 1 is 1.00 bits per heavy atom. The molecule has 1 aliphatic carbocycles. The van der Waals surface area contributed by atoms with Crippen molar-refractivity contribution in [3.8, 4) is 0 Å². The van der Waals surface area contributed by atoms with E-state index in [4.69, 9.17) is 0 Å². The summed E-state index contributed by atoms with van der Waals surface area (Å²) in [6.45, 7) is 0. The van der Waals surface area contributed by atoms with Crippen LogP contribution in [0.5, 0.6) is 0 Å². The number of hydrogen-bond donors (Lipinski definition) is 2. The maximum Gasteiger partial charge on any atom is 0.416 e. The van der Waals surface area contributed by atoms with Crippen LogP contribution in [0.2, 0.25) is 0 Å². The quantitative estimate of drug-likeness (QED) is 0.611. The van der Waals surface area contributed by atoms with Crippen molar-refractivity contribution < 1.29 is 26.7 Å². The molecule has 29 heavy (non-hydrogen) atoms. The Balaban J connectivity index is 1.69. The number of amides is 1. The van der Waals surface area contributed by atoms with Gasteiger partial charge in [0, 0.05) is 13.0 Å². The first kappa shape index (κ1) is 21.1. The summed E-state index contributed by atoms with van der Waals surface area (Å²) in [5.41, 5.74) is -0.219. The molecule has 0 bridgehead atoms. The van der Waals surface area contributed by atoms with Crippen molar-refractivity contribution in [2.75, 3.05) is 17.7 Å². The second kappa shape index (κ2) is 8.39. The van der Waals surface area contributed by atoms with Crippen LogP contribution in [0.15, 0.2) is 36.4 Å². The number of benzene rings is 2. The van der Waals surface area contributed by atoms with E-state index in [9.17, 15) is 26.7 Å². The largest absolute Gasteiger partial charge is 0.416 e. The Kier molecular flexibility index (Phi) is 6.10. The highest BCUT2D eigenvalue weighted by Gasteiger charge is 2.32. The third kappa shape index (κ3) is 4.86. The van der Waals surface area contributed by atoms with Crippen LogP contribution in [0, 0.1) is 17.6 Å². The van der Waals surface area contributed by atoms with Gasteiger partial charge in [-0.3, -0.25) is 4.79 Å². The molecule has 0 radical (unpaired) electrons. The zero-order chi connectivity index (χ0) is 21.2. The molecule has 0 aromatic heterocycles. The van der Waals surface area contributed by atoms with Gasteiger partial charge in [0.05, 0.1) is 16.9 Å². The number of halogens is 5. The lowest BCUT2D eigenvalue weighted by molar-refractivity contribution is -0.137. The highest BCUT2D eigenvalue weighted by atomic mass is 19.4. The van der Waals surface area contributed by atoms with E-state index < -0.39 is 29.4 Å². The summed E-state index contributed by atoms with van der Waals surface area (Å²) in [4.78, 5) is 12.6. The Morgan fingerprint density at radius 3 is 2.31 bits per heavy atom. The van der Waals surface area contributed by atoms with Crippen LogP contribution in [0.3, 0.4) is 0 Å². The summed E-state index contributed by atoms with van der Waals surface area (Å²) < 4.78 is 66.0. The minimum atomic E-state index is -4.65. The van der Waals surface area contributed by atoms with Gasteiger partial charge < -0.3 is 10.6 Å². The van der Waals surface area contributed by atoms with Gasteiger partial charge in [0.25, 0.3) is 0 Å². The van der Waals surface area contributed by atoms with Crippen molar-refractivity contribution in [2.24, 2.45) is 5.92 Å². The first-order valence-electron chi connectivity index (χ1n) is 9.34. The molecular formula is C21H21F5N2O. The van der Waals surface area contributed by atoms with Gasteiger partial charge in [0.2, 0.25) is 5.91 Å². The molecule has 8 heteroatoms. The second-order valence-electron chi connectivity index (χ2n) is 7.23. The van der Waals surface area contributed by atoms with E-state index in [2.05, 4.69) is 10.6 Å². The van der Waals surface area contributed by atoms with Gasteiger partial charge in [-0.15, -0.1) is 0 Å². The van der Waals surface area contributed by atoms with Crippen molar-refractivity contribution in [1.82, 2.24) is 0 Å². The average Bonchev–Trinajstić information content (AvgIpc) is 2.68. The second-order valence-corrected chi connectivity index (χ2v) is 7.23. The molecule has 2 atom stereocenters. The summed E-state index contributed by atoms with van der Waals surface area (Å²) in [5, 5.41) is 5.15. The molecule has 2 N–H and O–H groups in total. The molecule has 2 aromatic rings. The Hall–Kier alpha value is -2.64. The van der Waals surface area contributed by atoms with Crippen LogP contribution in [0.4, 0.5) is 33.3 Å². The Bertz CT molecular complexity index is 897. The summed E-state index contributed by atoms with van der Waals surface area (Å²) in [6.07, 6.45) is -2.06. The fourth-order valence-corrected chi connectivity index (χ4v) is 3.75. The Morgan fingerprint density at radius 2 is 1.69 bits per heavy atom. The molecule has 0 heterocycles. The molecule has 1 fully saturated rings.